The highest BCUT2D eigenvalue weighted by Gasteiger charge is 2.20. The first-order valence-electron chi connectivity index (χ1n) is 5.54. The van der Waals surface area contributed by atoms with E-state index in [1.807, 2.05) is 30.3 Å². The fourth-order valence-electron chi connectivity index (χ4n) is 1.24. The van der Waals surface area contributed by atoms with Gasteiger partial charge >= 0.3 is 5.97 Å². The van der Waals surface area contributed by atoms with Gasteiger partial charge in [0.1, 0.15) is 12.3 Å². The maximum Gasteiger partial charge on any atom is 0.380 e. The Hall–Kier alpha value is -2.17. The van der Waals surface area contributed by atoms with Crippen molar-refractivity contribution in [2.75, 3.05) is 7.11 Å². The summed E-state index contributed by atoms with van der Waals surface area (Å²) in [5, 5.41) is 3.67. The molecule has 0 N–H and O–H groups in total. The predicted molar refractivity (Wildman–Crippen MR) is 66.0 cm³/mol. The van der Waals surface area contributed by atoms with Crippen LogP contribution in [0.2, 0.25) is 0 Å². The molecular formula is C13H15NO4. The standard InChI is InChI=1S/C13H15NO4/c1-3-11(12(15)13(16)17-2)14-18-9-10-7-5-4-6-8-10/h4-8H,3,9H2,1-2H3. The number of carbonyl (C=O) groups excluding carboxylic acids is 2. The number of hydrogen-bond acceptors (Lipinski definition) is 5. The fourth-order valence-corrected chi connectivity index (χ4v) is 1.24. The molecule has 0 aliphatic rings. The van der Waals surface area contributed by atoms with Crippen molar-refractivity contribution in [2.24, 2.45) is 5.16 Å². The summed E-state index contributed by atoms with van der Waals surface area (Å²) in [5.74, 6) is -1.70. The number of hydrogen-bond donors (Lipinski definition) is 0. The molecule has 5 heteroatoms. The van der Waals surface area contributed by atoms with Gasteiger partial charge in [-0.1, -0.05) is 42.4 Å². The first kappa shape index (κ1) is 13.9. The summed E-state index contributed by atoms with van der Waals surface area (Å²) in [5.41, 5.74) is 0.986. The number of oxime groups is 1. The van der Waals surface area contributed by atoms with Crippen molar-refractivity contribution in [3.05, 3.63) is 35.9 Å². The third-order valence-corrected chi connectivity index (χ3v) is 2.22. The van der Waals surface area contributed by atoms with Crippen molar-refractivity contribution in [3.63, 3.8) is 0 Å². The maximum atomic E-state index is 11.5. The summed E-state index contributed by atoms with van der Waals surface area (Å²) in [4.78, 5) is 27.5. The first-order chi connectivity index (χ1) is 8.69. The van der Waals surface area contributed by atoms with E-state index < -0.39 is 11.8 Å². The van der Waals surface area contributed by atoms with Crippen molar-refractivity contribution in [3.8, 4) is 0 Å². The smallest absolute Gasteiger partial charge is 0.380 e. The van der Waals surface area contributed by atoms with E-state index in [1.165, 1.54) is 0 Å². The van der Waals surface area contributed by atoms with E-state index in [1.54, 1.807) is 6.92 Å². The van der Waals surface area contributed by atoms with Crippen LogP contribution in [0.4, 0.5) is 0 Å². The minimum absolute atomic E-state index is 0.0535. The van der Waals surface area contributed by atoms with E-state index in [0.717, 1.165) is 12.7 Å². The van der Waals surface area contributed by atoms with Crippen LogP contribution in [0.15, 0.2) is 35.5 Å². The van der Waals surface area contributed by atoms with Crippen LogP contribution in [-0.4, -0.2) is 24.6 Å². The van der Waals surface area contributed by atoms with Crippen LogP contribution >= 0.6 is 0 Å². The Morgan fingerprint density at radius 3 is 2.44 bits per heavy atom. The third kappa shape index (κ3) is 4.01. The van der Waals surface area contributed by atoms with Crippen LogP contribution in [-0.2, 0) is 25.8 Å². The van der Waals surface area contributed by atoms with Crippen molar-refractivity contribution >= 4 is 17.5 Å². The molecule has 0 amide bonds. The van der Waals surface area contributed by atoms with Crippen molar-refractivity contribution in [1.29, 1.82) is 0 Å². The zero-order valence-corrected chi connectivity index (χ0v) is 10.4. The van der Waals surface area contributed by atoms with Gasteiger partial charge in [0.05, 0.1) is 7.11 Å². The zero-order chi connectivity index (χ0) is 13.4. The van der Waals surface area contributed by atoms with Gasteiger partial charge in [-0.3, -0.25) is 4.79 Å². The average molecular weight is 249 g/mol. The second-order valence-electron chi connectivity index (χ2n) is 3.47. The number of nitrogens with zero attached hydrogens (tertiary/aromatic N) is 1. The largest absolute Gasteiger partial charge is 0.463 e. The molecule has 0 fully saturated rings. The van der Waals surface area contributed by atoms with Gasteiger partial charge in [-0.15, -0.1) is 0 Å². The number of Topliss-reactive ketones (excluding diaryl/α,β-unsaturated/α-hetero) is 1. The molecule has 0 heterocycles. The Labute approximate surface area is 105 Å². The number of methoxy groups -OCH3 is 1. The summed E-state index contributed by atoms with van der Waals surface area (Å²) in [6.45, 7) is 1.96. The lowest BCUT2D eigenvalue weighted by molar-refractivity contribution is -0.148. The van der Waals surface area contributed by atoms with Crippen LogP contribution in [0.3, 0.4) is 0 Å². The average Bonchev–Trinajstić information content (AvgIpc) is 2.43. The Kier molecular flexibility index (Phi) is 5.57. The summed E-state index contributed by atoms with van der Waals surface area (Å²) < 4.78 is 4.33. The molecular weight excluding hydrogens is 234 g/mol. The Morgan fingerprint density at radius 2 is 1.89 bits per heavy atom. The normalized spacial score (nSPS) is 10.9. The highest BCUT2D eigenvalue weighted by molar-refractivity contribution is 6.63. The molecule has 0 aliphatic heterocycles. The van der Waals surface area contributed by atoms with E-state index in [-0.39, 0.29) is 12.3 Å². The van der Waals surface area contributed by atoms with Gasteiger partial charge < -0.3 is 9.57 Å². The van der Waals surface area contributed by atoms with E-state index in [0.29, 0.717) is 6.42 Å². The van der Waals surface area contributed by atoms with Crippen LogP contribution in [0, 0.1) is 0 Å². The van der Waals surface area contributed by atoms with Crippen LogP contribution in [0.5, 0.6) is 0 Å². The van der Waals surface area contributed by atoms with E-state index in [4.69, 9.17) is 4.84 Å². The SMILES string of the molecule is CCC(=NOCc1ccccc1)C(=O)C(=O)OC. The molecule has 0 bridgehead atoms. The van der Waals surface area contributed by atoms with E-state index >= 15 is 0 Å². The van der Waals surface area contributed by atoms with E-state index in [9.17, 15) is 9.59 Å². The molecule has 1 rings (SSSR count). The molecule has 0 unspecified atom stereocenters. The van der Waals surface area contributed by atoms with Gasteiger partial charge in [-0.05, 0) is 12.0 Å². The number of rotatable bonds is 6. The second kappa shape index (κ2) is 7.21. The molecule has 18 heavy (non-hydrogen) atoms. The van der Waals surface area contributed by atoms with Crippen molar-refractivity contribution in [2.45, 2.75) is 20.0 Å². The molecule has 0 saturated carbocycles. The van der Waals surface area contributed by atoms with Crippen molar-refractivity contribution in [1.82, 2.24) is 0 Å². The van der Waals surface area contributed by atoms with Crippen LogP contribution < -0.4 is 0 Å². The third-order valence-electron chi connectivity index (χ3n) is 2.22. The fraction of sp³-hybridized carbons (Fsp3) is 0.308. The van der Waals surface area contributed by atoms with E-state index in [2.05, 4.69) is 9.89 Å². The summed E-state index contributed by atoms with van der Waals surface area (Å²) in [7, 11) is 1.15. The summed E-state index contributed by atoms with van der Waals surface area (Å²) in [6.07, 6.45) is 0.308. The van der Waals surface area contributed by atoms with Gasteiger partial charge in [-0.25, -0.2) is 4.79 Å². The highest BCUT2D eigenvalue weighted by atomic mass is 16.6. The second-order valence-corrected chi connectivity index (χ2v) is 3.47. The molecule has 0 spiro atoms. The van der Waals surface area contributed by atoms with Gasteiger partial charge in [0.25, 0.3) is 5.78 Å². The lowest BCUT2D eigenvalue weighted by atomic mass is 10.2. The number of carbonyl (C=O) groups is 2. The molecule has 0 atom stereocenters. The Balaban J connectivity index is 2.58. The topological polar surface area (TPSA) is 65.0 Å². The highest BCUT2D eigenvalue weighted by Crippen LogP contribution is 2.01. The lowest BCUT2D eigenvalue weighted by Gasteiger charge is -2.03. The molecule has 0 aliphatic carbocycles. The number of ether oxygens (including phenoxy) is 1. The molecule has 0 aromatic heterocycles. The predicted octanol–water partition coefficient (Wildman–Crippen LogP) is 1.71. The number of benzene rings is 1. The maximum absolute atomic E-state index is 11.5. The molecule has 1 aromatic rings. The molecule has 96 valence electrons. The minimum atomic E-state index is -0.932. The van der Waals surface area contributed by atoms with Crippen LogP contribution in [0.25, 0.3) is 0 Å². The van der Waals surface area contributed by atoms with Gasteiger partial charge in [0.15, 0.2) is 0 Å². The Bertz CT molecular complexity index is 440. The Morgan fingerprint density at radius 1 is 1.22 bits per heavy atom. The van der Waals surface area contributed by atoms with Crippen molar-refractivity contribution < 1.29 is 19.2 Å². The zero-order valence-electron chi connectivity index (χ0n) is 10.4. The van der Waals surface area contributed by atoms with Gasteiger partial charge in [0.2, 0.25) is 0 Å². The molecule has 0 saturated heterocycles. The van der Waals surface area contributed by atoms with Gasteiger partial charge in [-0.2, -0.15) is 0 Å². The monoisotopic (exact) mass is 249 g/mol. The molecule has 0 radical (unpaired) electrons. The first-order valence-corrected chi connectivity index (χ1v) is 5.54. The minimum Gasteiger partial charge on any atom is -0.463 e. The molecule has 1 aromatic carbocycles. The number of esters is 1. The number of ketones is 1. The molecule has 5 nitrogen and oxygen atoms in total. The van der Waals surface area contributed by atoms with Gasteiger partial charge in [0, 0.05) is 0 Å². The quantitative estimate of drug-likeness (QED) is 0.333. The lowest BCUT2D eigenvalue weighted by Crippen LogP contribution is -2.24. The van der Waals surface area contributed by atoms with Crippen LogP contribution in [0.1, 0.15) is 18.9 Å². The summed E-state index contributed by atoms with van der Waals surface area (Å²) >= 11 is 0. The summed E-state index contributed by atoms with van der Waals surface area (Å²) in [6, 6.07) is 9.41.